The Balaban J connectivity index is 0.000000561. The van der Waals surface area contributed by atoms with E-state index >= 15 is 0 Å². The monoisotopic (exact) mass is 204 g/mol. The average molecular weight is 205 g/mol. The summed E-state index contributed by atoms with van der Waals surface area (Å²) in [4.78, 5) is 0. The Labute approximate surface area is 84.5 Å². The van der Waals surface area contributed by atoms with Crippen LogP contribution in [0.3, 0.4) is 0 Å². The van der Waals surface area contributed by atoms with Crippen molar-refractivity contribution in [3.05, 3.63) is 33.8 Å². The summed E-state index contributed by atoms with van der Waals surface area (Å²) in [5, 5.41) is 1.46. The van der Waals surface area contributed by atoms with Crippen LogP contribution in [-0.2, 0) is 6.42 Å². The van der Waals surface area contributed by atoms with E-state index in [4.69, 9.17) is 23.2 Å². The summed E-state index contributed by atoms with van der Waals surface area (Å²) >= 11 is 11.5. The Kier molecular flexibility index (Phi) is 6.23. The van der Waals surface area contributed by atoms with Gasteiger partial charge in [0.15, 0.2) is 0 Å². The SMILES string of the molecule is CC.CCc1ccc(Cl)cc1Cl. The van der Waals surface area contributed by atoms with Crippen LogP contribution in [0.15, 0.2) is 18.2 Å². The van der Waals surface area contributed by atoms with E-state index < -0.39 is 0 Å². The molecule has 0 atom stereocenters. The molecule has 0 saturated heterocycles. The molecule has 0 nitrogen and oxygen atoms in total. The minimum Gasteiger partial charge on any atom is -0.0843 e. The van der Waals surface area contributed by atoms with Crippen LogP contribution in [0.5, 0.6) is 0 Å². The second-order valence-electron chi connectivity index (χ2n) is 2.09. The minimum atomic E-state index is 0.696. The van der Waals surface area contributed by atoms with E-state index in [1.54, 1.807) is 6.07 Å². The fourth-order valence-corrected chi connectivity index (χ4v) is 1.35. The molecule has 12 heavy (non-hydrogen) atoms. The summed E-state index contributed by atoms with van der Waals surface area (Å²) in [6.45, 7) is 6.06. The van der Waals surface area contributed by atoms with Crippen LogP contribution >= 0.6 is 23.2 Å². The van der Waals surface area contributed by atoms with Crippen LogP contribution < -0.4 is 0 Å². The third-order valence-electron chi connectivity index (χ3n) is 1.40. The first-order valence-corrected chi connectivity index (χ1v) is 4.93. The van der Waals surface area contributed by atoms with Gasteiger partial charge in [0, 0.05) is 10.0 Å². The van der Waals surface area contributed by atoms with Gasteiger partial charge in [0.05, 0.1) is 0 Å². The molecule has 0 radical (unpaired) electrons. The van der Waals surface area contributed by atoms with Crippen molar-refractivity contribution in [3.63, 3.8) is 0 Å². The molecule has 0 unspecified atom stereocenters. The Morgan fingerprint density at radius 1 is 1.17 bits per heavy atom. The predicted molar refractivity (Wildman–Crippen MR) is 57.2 cm³/mol. The second kappa shape index (κ2) is 6.33. The normalized spacial score (nSPS) is 8.75. The first kappa shape index (κ1) is 11.8. The molecule has 0 aliphatic rings. The molecule has 1 rings (SSSR count). The number of benzene rings is 1. The maximum atomic E-state index is 5.85. The lowest BCUT2D eigenvalue weighted by molar-refractivity contribution is 1.14. The number of aryl methyl sites for hydroxylation is 1. The zero-order chi connectivity index (χ0) is 9.56. The van der Waals surface area contributed by atoms with Crippen LogP contribution in [-0.4, -0.2) is 0 Å². The highest BCUT2D eigenvalue weighted by molar-refractivity contribution is 6.35. The van der Waals surface area contributed by atoms with Crippen molar-refractivity contribution in [2.24, 2.45) is 0 Å². The summed E-state index contributed by atoms with van der Waals surface area (Å²) < 4.78 is 0. The van der Waals surface area contributed by atoms with Gasteiger partial charge in [-0.2, -0.15) is 0 Å². The predicted octanol–water partition coefficient (Wildman–Crippen LogP) is 4.58. The van der Waals surface area contributed by atoms with Crippen molar-refractivity contribution in [2.45, 2.75) is 27.2 Å². The lowest BCUT2D eigenvalue weighted by atomic mass is 10.2. The fourth-order valence-electron chi connectivity index (χ4n) is 0.808. The zero-order valence-electron chi connectivity index (χ0n) is 7.70. The zero-order valence-corrected chi connectivity index (χ0v) is 9.21. The van der Waals surface area contributed by atoms with Crippen LogP contribution in [0.4, 0.5) is 0 Å². The lowest BCUT2D eigenvalue weighted by Crippen LogP contribution is -1.79. The van der Waals surface area contributed by atoms with E-state index in [9.17, 15) is 0 Å². The molecule has 0 aliphatic carbocycles. The molecule has 0 saturated carbocycles. The largest absolute Gasteiger partial charge is 0.0843 e. The van der Waals surface area contributed by atoms with Gasteiger partial charge < -0.3 is 0 Å². The minimum absolute atomic E-state index is 0.696. The molecule has 0 bridgehead atoms. The summed E-state index contributed by atoms with van der Waals surface area (Å²) in [7, 11) is 0. The number of hydrogen-bond donors (Lipinski definition) is 0. The standard InChI is InChI=1S/C8H8Cl2.C2H6/c1-2-6-3-4-7(9)5-8(6)10;1-2/h3-5H,2H2,1H3;1-2H3. The summed E-state index contributed by atoms with van der Waals surface area (Å²) in [5.74, 6) is 0. The molecule has 68 valence electrons. The number of rotatable bonds is 1. The van der Waals surface area contributed by atoms with Crippen LogP contribution in [0, 0.1) is 0 Å². The van der Waals surface area contributed by atoms with Gasteiger partial charge in [-0.3, -0.25) is 0 Å². The van der Waals surface area contributed by atoms with Crippen molar-refractivity contribution < 1.29 is 0 Å². The van der Waals surface area contributed by atoms with E-state index in [0.29, 0.717) is 5.02 Å². The maximum absolute atomic E-state index is 5.85. The maximum Gasteiger partial charge on any atom is 0.0452 e. The van der Waals surface area contributed by atoms with Gasteiger partial charge in [-0.1, -0.05) is 50.0 Å². The molecule has 0 spiro atoms. The fraction of sp³-hybridized carbons (Fsp3) is 0.400. The molecule has 0 heterocycles. The van der Waals surface area contributed by atoms with Gasteiger partial charge in [-0.15, -0.1) is 0 Å². The van der Waals surface area contributed by atoms with Crippen molar-refractivity contribution in [3.8, 4) is 0 Å². The molecule has 1 aromatic carbocycles. The molecule has 0 fully saturated rings. The van der Waals surface area contributed by atoms with Gasteiger partial charge in [0.2, 0.25) is 0 Å². The Hall–Kier alpha value is -0.200. The van der Waals surface area contributed by atoms with E-state index in [2.05, 4.69) is 6.92 Å². The van der Waals surface area contributed by atoms with Crippen molar-refractivity contribution in [2.75, 3.05) is 0 Å². The third kappa shape index (κ3) is 3.46. The topological polar surface area (TPSA) is 0 Å². The second-order valence-corrected chi connectivity index (χ2v) is 2.93. The highest BCUT2D eigenvalue weighted by atomic mass is 35.5. The van der Waals surface area contributed by atoms with Crippen molar-refractivity contribution in [1.29, 1.82) is 0 Å². The van der Waals surface area contributed by atoms with Gasteiger partial charge in [0.25, 0.3) is 0 Å². The summed E-state index contributed by atoms with van der Waals surface area (Å²) in [6.07, 6.45) is 0.954. The van der Waals surface area contributed by atoms with E-state index in [0.717, 1.165) is 17.0 Å². The molecular formula is C10H14Cl2. The first-order chi connectivity index (χ1) is 5.74. The van der Waals surface area contributed by atoms with Crippen LogP contribution in [0.25, 0.3) is 0 Å². The first-order valence-electron chi connectivity index (χ1n) is 4.18. The number of hydrogen-bond acceptors (Lipinski definition) is 0. The third-order valence-corrected chi connectivity index (χ3v) is 1.98. The summed E-state index contributed by atoms with van der Waals surface area (Å²) in [5.41, 5.74) is 1.14. The molecule has 0 N–H and O–H groups in total. The van der Waals surface area contributed by atoms with Gasteiger partial charge in [-0.25, -0.2) is 0 Å². The average Bonchev–Trinajstić information content (AvgIpc) is 2.08. The van der Waals surface area contributed by atoms with Crippen LogP contribution in [0.2, 0.25) is 10.0 Å². The van der Waals surface area contributed by atoms with Crippen molar-refractivity contribution >= 4 is 23.2 Å². The molecule has 1 aromatic rings. The Bertz CT molecular complexity index is 231. The highest BCUT2D eigenvalue weighted by Gasteiger charge is 1.96. The molecule has 0 aromatic heterocycles. The highest BCUT2D eigenvalue weighted by Crippen LogP contribution is 2.20. The van der Waals surface area contributed by atoms with E-state index in [1.807, 2.05) is 26.0 Å². The smallest absolute Gasteiger partial charge is 0.0452 e. The van der Waals surface area contributed by atoms with Gasteiger partial charge >= 0.3 is 0 Å². The van der Waals surface area contributed by atoms with Crippen molar-refractivity contribution in [1.82, 2.24) is 0 Å². The summed E-state index contributed by atoms with van der Waals surface area (Å²) in [6, 6.07) is 5.57. The quantitative estimate of drug-likeness (QED) is 0.629. The Morgan fingerprint density at radius 3 is 2.17 bits per heavy atom. The Morgan fingerprint density at radius 2 is 1.75 bits per heavy atom. The van der Waals surface area contributed by atoms with Gasteiger partial charge in [0.1, 0.15) is 0 Å². The lowest BCUT2D eigenvalue weighted by Gasteiger charge is -1.98. The van der Waals surface area contributed by atoms with Crippen LogP contribution in [0.1, 0.15) is 26.3 Å². The van der Waals surface area contributed by atoms with E-state index in [1.165, 1.54) is 0 Å². The molecule has 0 amide bonds. The van der Waals surface area contributed by atoms with E-state index in [-0.39, 0.29) is 0 Å². The molecule has 0 aliphatic heterocycles. The molecular weight excluding hydrogens is 191 g/mol. The number of halogens is 2. The molecule has 2 heteroatoms. The van der Waals surface area contributed by atoms with Gasteiger partial charge in [-0.05, 0) is 24.1 Å².